The van der Waals surface area contributed by atoms with Crippen LogP contribution in [0.3, 0.4) is 0 Å². The van der Waals surface area contributed by atoms with Gasteiger partial charge >= 0.3 is 0 Å². The van der Waals surface area contributed by atoms with Crippen LogP contribution in [0.15, 0.2) is 6.07 Å². The summed E-state index contributed by atoms with van der Waals surface area (Å²) in [5.41, 5.74) is 0.133. The zero-order chi connectivity index (χ0) is 11.6. The molecule has 0 saturated heterocycles. The summed E-state index contributed by atoms with van der Waals surface area (Å²) in [6, 6.07) is 1.15. The number of benzene rings is 1. The third-order valence-electron chi connectivity index (χ3n) is 1.91. The molecule has 1 aromatic carbocycles. The number of rotatable bonds is 3. The molecule has 0 saturated carbocycles. The van der Waals surface area contributed by atoms with Gasteiger partial charge in [0.05, 0.1) is 18.2 Å². The minimum absolute atomic E-state index is 0.0577. The lowest BCUT2D eigenvalue weighted by atomic mass is 10.1. The third kappa shape index (κ3) is 2.58. The molecule has 0 bridgehead atoms. The Hall–Kier alpha value is -0.870. The molecule has 0 heterocycles. The van der Waals surface area contributed by atoms with Gasteiger partial charge in [-0.1, -0.05) is 11.6 Å². The molecular weight excluding hydrogens is 226 g/mol. The van der Waals surface area contributed by atoms with Crippen molar-refractivity contribution in [2.75, 3.05) is 7.11 Å². The van der Waals surface area contributed by atoms with E-state index in [1.165, 1.54) is 6.92 Å². The van der Waals surface area contributed by atoms with Gasteiger partial charge in [-0.2, -0.15) is 0 Å². The van der Waals surface area contributed by atoms with Gasteiger partial charge in [-0.05, 0) is 18.6 Å². The predicted octanol–water partition coefficient (Wildman–Crippen LogP) is 2.55. The van der Waals surface area contributed by atoms with Crippen molar-refractivity contribution in [2.24, 2.45) is 0 Å². The quantitative estimate of drug-likeness (QED) is 0.818. The maximum absolute atomic E-state index is 13.5. The molecule has 5 heteroatoms. The number of aliphatic hydroxyl groups is 1. The summed E-state index contributed by atoms with van der Waals surface area (Å²) in [6.07, 6.45) is -0.673. The molecule has 1 unspecified atom stereocenters. The van der Waals surface area contributed by atoms with E-state index in [-0.39, 0.29) is 17.0 Å². The first-order valence-electron chi connectivity index (χ1n) is 4.35. The molecule has 0 fully saturated rings. The summed E-state index contributed by atoms with van der Waals surface area (Å²) in [6.45, 7) is 1.50. The van der Waals surface area contributed by atoms with Gasteiger partial charge in [0.1, 0.15) is 0 Å². The summed E-state index contributed by atoms with van der Waals surface area (Å²) >= 11 is 5.55. The second-order valence-corrected chi connectivity index (χ2v) is 3.64. The lowest BCUT2D eigenvalue weighted by Crippen LogP contribution is -2.08. The molecular formula is C10H11ClF2O2. The standard InChI is InChI=1S/C10H11ClF2O2/c1-5(14)3-6-4-7(11)9(13)10(15-2)8(6)12/h4-5,14H,3H2,1-2H3. The van der Waals surface area contributed by atoms with E-state index >= 15 is 0 Å². The Balaban J connectivity index is 3.24. The van der Waals surface area contributed by atoms with Gasteiger partial charge in [0.2, 0.25) is 0 Å². The molecule has 0 aliphatic heterocycles. The Morgan fingerprint density at radius 2 is 2.07 bits per heavy atom. The molecule has 1 atom stereocenters. The summed E-state index contributed by atoms with van der Waals surface area (Å²) in [7, 11) is 1.16. The first kappa shape index (κ1) is 12.2. The van der Waals surface area contributed by atoms with Gasteiger partial charge in [0.25, 0.3) is 0 Å². The van der Waals surface area contributed by atoms with Gasteiger partial charge in [0.15, 0.2) is 17.4 Å². The minimum atomic E-state index is -0.925. The Morgan fingerprint density at radius 1 is 1.47 bits per heavy atom. The van der Waals surface area contributed by atoms with Crippen LogP contribution in [0.2, 0.25) is 5.02 Å². The van der Waals surface area contributed by atoms with E-state index in [2.05, 4.69) is 4.74 Å². The molecule has 84 valence electrons. The molecule has 0 aliphatic rings. The largest absolute Gasteiger partial charge is 0.491 e. The van der Waals surface area contributed by atoms with Crippen molar-refractivity contribution in [3.05, 3.63) is 28.3 Å². The number of halogens is 3. The maximum atomic E-state index is 13.5. The van der Waals surface area contributed by atoms with Crippen LogP contribution in [-0.2, 0) is 6.42 Å². The Labute approximate surface area is 91.4 Å². The molecule has 2 nitrogen and oxygen atoms in total. The zero-order valence-corrected chi connectivity index (χ0v) is 9.11. The fourth-order valence-corrected chi connectivity index (χ4v) is 1.49. The zero-order valence-electron chi connectivity index (χ0n) is 8.35. The van der Waals surface area contributed by atoms with Crippen LogP contribution < -0.4 is 4.74 Å². The lowest BCUT2D eigenvalue weighted by molar-refractivity contribution is 0.193. The monoisotopic (exact) mass is 236 g/mol. The smallest absolute Gasteiger partial charge is 0.192 e. The average molecular weight is 237 g/mol. The number of hydrogen-bond acceptors (Lipinski definition) is 2. The van der Waals surface area contributed by atoms with Crippen LogP contribution in [0.1, 0.15) is 12.5 Å². The molecule has 0 amide bonds. The number of aliphatic hydroxyl groups excluding tert-OH is 1. The van der Waals surface area contributed by atoms with Crippen LogP contribution in [0, 0.1) is 11.6 Å². The number of hydrogen-bond donors (Lipinski definition) is 1. The summed E-state index contributed by atoms with van der Waals surface area (Å²) in [4.78, 5) is 0. The molecule has 1 aromatic rings. The van der Waals surface area contributed by atoms with E-state index in [1.54, 1.807) is 0 Å². The first-order valence-corrected chi connectivity index (χ1v) is 4.73. The van der Waals surface area contributed by atoms with E-state index in [9.17, 15) is 8.78 Å². The van der Waals surface area contributed by atoms with Crippen molar-refractivity contribution in [3.8, 4) is 5.75 Å². The highest BCUT2D eigenvalue weighted by Crippen LogP contribution is 2.31. The van der Waals surface area contributed by atoms with E-state index < -0.39 is 23.5 Å². The second kappa shape index (κ2) is 4.77. The average Bonchev–Trinajstić information content (AvgIpc) is 2.14. The maximum Gasteiger partial charge on any atom is 0.192 e. The van der Waals surface area contributed by atoms with Crippen LogP contribution in [-0.4, -0.2) is 18.3 Å². The highest BCUT2D eigenvalue weighted by Gasteiger charge is 2.18. The highest BCUT2D eigenvalue weighted by atomic mass is 35.5. The number of ether oxygens (including phenoxy) is 1. The van der Waals surface area contributed by atoms with E-state index in [1.807, 2.05) is 0 Å². The van der Waals surface area contributed by atoms with E-state index in [0.717, 1.165) is 13.2 Å². The third-order valence-corrected chi connectivity index (χ3v) is 2.19. The fraction of sp³-hybridized carbons (Fsp3) is 0.400. The minimum Gasteiger partial charge on any atom is -0.491 e. The predicted molar refractivity (Wildman–Crippen MR) is 53.3 cm³/mol. The SMILES string of the molecule is COc1c(F)c(Cl)cc(CC(C)O)c1F. The van der Waals surface area contributed by atoms with Gasteiger partial charge in [-0.15, -0.1) is 0 Å². The molecule has 0 radical (unpaired) electrons. The van der Waals surface area contributed by atoms with Crippen LogP contribution in [0.4, 0.5) is 8.78 Å². The fourth-order valence-electron chi connectivity index (χ4n) is 1.28. The van der Waals surface area contributed by atoms with Gasteiger partial charge < -0.3 is 9.84 Å². The molecule has 1 N–H and O–H groups in total. The molecule has 0 aromatic heterocycles. The number of methoxy groups -OCH3 is 1. The molecule has 15 heavy (non-hydrogen) atoms. The molecule has 0 aliphatic carbocycles. The van der Waals surface area contributed by atoms with E-state index in [0.29, 0.717) is 0 Å². The molecule has 1 rings (SSSR count). The van der Waals surface area contributed by atoms with Crippen molar-refractivity contribution in [1.29, 1.82) is 0 Å². The topological polar surface area (TPSA) is 29.5 Å². The van der Waals surface area contributed by atoms with Gasteiger partial charge in [-0.3, -0.25) is 0 Å². The van der Waals surface area contributed by atoms with Crippen molar-refractivity contribution >= 4 is 11.6 Å². The highest BCUT2D eigenvalue weighted by molar-refractivity contribution is 6.31. The Bertz CT molecular complexity index is 367. The van der Waals surface area contributed by atoms with Crippen LogP contribution >= 0.6 is 11.6 Å². The van der Waals surface area contributed by atoms with Crippen molar-refractivity contribution in [1.82, 2.24) is 0 Å². The normalized spacial score (nSPS) is 12.7. The Morgan fingerprint density at radius 3 is 2.53 bits per heavy atom. The van der Waals surface area contributed by atoms with Crippen molar-refractivity contribution < 1.29 is 18.6 Å². The van der Waals surface area contributed by atoms with E-state index in [4.69, 9.17) is 16.7 Å². The summed E-state index contributed by atoms with van der Waals surface area (Å²) < 4.78 is 31.3. The van der Waals surface area contributed by atoms with Gasteiger partial charge in [-0.25, -0.2) is 8.78 Å². The first-order chi connectivity index (χ1) is 6.97. The summed E-state index contributed by atoms with van der Waals surface area (Å²) in [5.74, 6) is -2.26. The van der Waals surface area contributed by atoms with Crippen LogP contribution in [0.5, 0.6) is 5.75 Å². The van der Waals surface area contributed by atoms with Crippen molar-refractivity contribution in [2.45, 2.75) is 19.4 Å². The summed E-state index contributed by atoms with van der Waals surface area (Å²) in [5, 5.41) is 8.89. The molecule has 0 spiro atoms. The van der Waals surface area contributed by atoms with Gasteiger partial charge in [0, 0.05) is 6.42 Å². The second-order valence-electron chi connectivity index (χ2n) is 3.23. The van der Waals surface area contributed by atoms with Crippen molar-refractivity contribution in [3.63, 3.8) is 0 Å². The lowest BCUT2D eigenvalue weighted by Gasteiger charge is -2.11. The van der Waals surface area contributed by atoms with Crippen LogP contribution in [0.25, 0.3) is 0 Å². The Kier molecular flexibility index (Phi) is 3.88.